The third kappa shape index (κ3) is 3.87. The number of nitrogens with zero attached hydrogens (tertiary/aromatic N) is 1. The first-order valence-electron chi connectivity index (χ1n) is 7.69. The third-order valence-corrected chi connectivity index (χ3v) is 5.41. The molecule has 9 heteroatoms. The fourth-order valence-electron chi connectivity index (χ4n) is 2.33. The van der Waals surface area contributed by atoms with Gasteiger partial charge in [0.2, 0.25) is 22.7 Å². The maximum Gasteiger partial charge on any atom is 0.241 e. The minimum atomic E-state index is -3.65. The highest BCUT2D eigenvalue weighted by Crippen LogP contribution is 2.36. The molecule has 0 saturated carbocycles. The average molecular weight is 366 g/mol. The van der Waals surface area contributed by atoms with E-state index in [4.69, 9.17) is 13.9 Å². The van der Waals surface area contributed by atoms with Crippen LogP contribution in [0.5, 0.6) is 11.5 Å². The van der Waals surface area contributed by atoms with Gasteiger partial charge in [0.05, 0.1) is 24.2 Å². The minimum Gasteiger partial charge on any atom is -0.467 e. The van der Waals surface area contributed by atoms with Crippen molar-refractivity contribution >= 4 is 21.6 Å². The molecule has 0 spiro atoms. The normalized spacial score (nSPS) is 12.8. The van der Waals surface area contributed by atoms with Gasteiger partial charge in [0.1, 0.15) is 12.3 Å². The molecule has 0 aliphatic carbocycles. The molecule has 0 radical (unpaired) electrons. The zero-order valence-corrected chi connectivity index (χ0v) is 14.4. The molecule has 1 amide bonds. The van der Waals surface area contributed by atoms with Crippen molar-refractivity contribution in [1.29, 1.82) is 0 Å². The van der Waals surface area contributed by atoms with Crippen molar-refractivity contribution in [3.63, 3.8) is 0 Å². The third-order valence-electron chi connectivity index (χ3n) is 3.67. The summed E-state index contributed by atoms with van der Waals surface area (Å²) in [6, 6.07) is 8.19. The summed E-state index contributed by atoms with van der Waals surface area (Å²) in [6.07, 6.45) is 1.50. The molecule has 1 aromatic heterocycles. The van der Waals surface area contributed by atoms with E-state index in [9.17, 15) is 13.2 Å². The smallest absolute Gasteiger partial charge is 0.241 e. The minimum absolute atomic E-state index is 0.0863. The Labute approximate surface area is 145 Å². The monoisotopic (exact) mass is 366 g/mol. The largest absolute Gasteiger partial charge is 0.467 e. The second kappa shape index (κ2) is 7.06. The summed E-state index contributed by atoms with van der Waals surface area (Å²) < 4.78 is 41.6. The number of fused-ring (bicyclic) bond motifs is 1. The molecule has 2 aromatic rings. The van der Waals surface area contributed by atoms with E-state index in [1.165, 1.54) is 13.2 Å². The fourth-order valence-corrected chi connectivity index (χ4v) is 3.39. The molecule has 0 unspecified atom stereocenters. The molecule has 1 aliphatic rings. The fraction of sp³-hybridized carbons (Fsp3) is 0.312. The van der Waals surface area contributed by atoms with E-state index in [0.717, 1.165) is 4.31 Å². The van der Waals surface area contributed by atoms with Crippen LogP contribution >= 0.6 is 0 Å². The average Bonchev–Trinajstić information content (AvgIpc) is 3.28. The second-order valence-corrected chi connectivity index (χ2v) is 7.48. The Morgan fingerprint density at radius 1 is 1.24 bits per heavy atom. The Morgan fingerprint density at radius 3 is 2.76 bits per heavy atom. The summed E-state index contributed by atoms with van der Waals surface area (Å²) in [7, 11) is -3.65. The summed E-state index contributed by atoms with van der Waals surface area (Å²) in [6.45, 7) is 1.46. The topological polar surface area (TPSA) is 98.1 Å². The summed E-state index contributed by atoms with van der Waals surface area (Å²) in [5.74, 6) is 1.00. The molecule has 2 heterocycles. The van der Waals surface area contributed by atoms with Crippen molar-refractivity contribution in [2.45, 2.75) is 13.5 Å². The number of anilines is 1. The lowest BCUT2D eigenvalue weighted by Crippen LogP contribution is -2.41. The molecule has 1 aliphatic heterocycles. The Morgan fingerprint density at radius 2 is 2.04 bits per heavy atom. The molecule has 3 rings (SSSR count). The van der Waals surface area contributed by atoms with Gasteiger partial charge in [0, 0.05) is 6.07 Å². The lowest BCUT2D eigenvalue weighted by Gasteiger charge is -2.23. The van der Waals surface area contributed by atoms with E-state index < -0.39 is 15.9 Å². The van der Waals surface area contributed by atoms with Crippen LogP contribution in [0.25, 0.3) is 0 Å². The number of nitrogens with one attached hydrogen (secondary N) is 1. The van der Waals surface area contributed by atoms with Gasteiger partial charge in [-0.15, -0.1) is 0 Å². The maximum absolute atomic E-state index is 12.4. The highest BCUT2D eigenvalue weighted by atomic mass is 32.2. The lowest BCUT2D eigenvalue weighted by atomic mass is 10.3. The van der Waals surface area contributed by atoms with Gasteiger partial charge in [0.25, 0.3) is 0 Å². The zero-order chi connectivity index (χ0) is 17.9. The van der Waals surface area contributed by atoms with Gasteiger partial charge in [-0.3, -0.25) is 9.10 Å². The molecule has 1 aromatic carbocycles. The predicted molar refractivity (Wildman–Crippen MR) is 89.9 cm³/mol. The standard InChI is InChI=1S/C16H18N2O6S/c1-2-25(20,21)18(10-16(19)17-9-13-4-3-7-22-13)12-5-6-14-15(8-12)24-11-23-14/h3-8H,2,9-11H2,1H3,(H,17,19). The Balaban J connectivity index is 1.77. The Kier molecular flexibility index (Phi) is 4.84. The number of hydrogen-bond donors (Lipinski definition) is 1. The number of amides is 1. The van der Waals surface area contributed by atoms with Crippen molar-refractivity contribution < 1.29 is 27.1 Å². The van der Waals surface area contributed by atoms with Crippen LogP contribution < -0.4 is 19.1 Å². The van der Waals surface area contributed by atoms with Gasteiger partial charge in [-0.05, 0) is 31.2 Å². The van der Waals surface area contributed by atoms with E-state index in [1.807, 2.05) is 0 Å². The van der Waals surface area contributed by atoms with E-state index in [-0.39, 0.29) is 25.6 Å². The number of benzene rings is 1. The van der Waals surface area contributed by atoms with Gasteiger partial charge in [-0.25, -0.2) is 8.42 Å². The molecular weight excluding hydrogens is 348 g/mol. The van der Waals surface area contributed by atoms with Gasteiger partial charge in [-0.1, -0.05) is 0 Å². The number of ether oxygens (including phenoxy) is 2. The Hall–Kier alpha value is -2.68. The van der Waals surface area contributed by atoms with Crippen LogP contribution in [-0.4, -0.2) is 33.4 Å². The number of carbonyl (C=O) groups is 1. The number of furan rings is 1. The number of sulfonamides is 1. The van der Waals surface area contributed by atoms with Crippen LogP contribution in [-0.2, 0) is 21.4 Å². The first-order chi connectivity index (χ1) is 12.0. The summed E-state index contributed by atoms with van der Waals surface area (Å²) in [5.41, 5.74) is 0.347. The highest BCUT2D eigenvalue weighted by Gasteiger charge is 2.25. The van der Waals surface area contributed by atoms with Crippen LogP contribution in [0.2, 0.25) is 0 Å². The van der Waals surface area contributed by atoms with Crippen LogP contribution in [0, 0.1) is 0 Å². The molecule has 0 bridgehead atoms. The first-order valence-corrected chi connectivity index (χ1v) is 9.29. The van der Waals surface area contributed by atoms with Crippen molar-refractivity contribution in [1.82, 2.24) is 5.32 Å². The molecule has 8 nitrogen and oxygen atoms in total. The Bertz CT molecular complexity index is 848. The van der Waals surface area contributed by atoms with Crippen LogP contribution in [0.15, 0.2) is 41.0 Å². The lowest BCUT2D eigenvalue weighted by molar-refractivity contribution is -0.119. The summed E-state index contributed by atoms with van der Waals surface area (Å²) >= 11 is 0. The molecule has 0 saturated heterocycles. The maximum atomic E-state index is 12.4. The van der Waals surface area contributed by atoms with E-state index in [2.05, 4.69) is 5.32 Å². The zero-order valence-electron chi connectivity index (χ0n) is 13.6. The van der Waals surface area contributed by atoms with Crippen molar-refractivity contribution in [3.05, 3.63) is 42.4 Å². The van der Waals surface area contributed by atoms with E-state index >= 15 is 0 Å². The quantitative estimate of drug-likeness (QED) is 0.797. The molecule has 0 atom stereocenters. The summed E-state index contributed by atoms with van der Waals surface area (Å²) in [5, 5.41) is 2.64. The molecule has 134 valence electrons. The van der Waals surface area contributed by atoms with Gasteiger partial charge in [0.15, 0.2) is 11.5 Å². The molecule has 0 fully saturated rings. The van der Waals surface area contributed by atoms with Crippen molar-refractivity contribution in [2.24, 2.45) is 0 Å². The van der Waals surface area contributed by atoms with Gasteiger partial charge in [-0.2, -0.15) is 0 Å². The number of carbonyl (C=O) groups excluding carboxylic acids is 1. The predicted octanol–water partition coefficient (Wildman–Crippen LogP) is 1.48. The van der Waals surface area contributed by atoms with Gasteiger partial charge >= 0.3 is 0 Å². The van der Waals surface area contributed by atoms with E-state index in [0.29, 0.717) is 22.9 Å². The number of rotatable bonds is 7. The van der Waals surface area contributed by atoms with Crippen LogP contribution in [0.4, 0.5) is 5.69 Å². The highest BCUT2D eigenvalue weighted by molar-refractivity contribution is 7.92. The molecule has 25 heavy (non-hydrogen) atoms. The SMILES string of the molecule is CCS(=O)(=O)N(CC(=O)NCc1ccco1)c1ccc2c(c1)OCO2. The molecule has 1 N–H and O–H groups in total. The number of hydrogen-bond acceptors (Lipinski definition) is 6. The second-order valence-electron chi connectivity index (χ2n) is 5.30. The first kappa shape index (κ1) is 17.2. The summed E-state index contributed by atoms with van der Waals surface area (Å²) in [4.78, 5) is 12.2. The van der Waals surface area contributed by atoms with E-state index in [1.54, 1.807) is 30.3 Å². The van der Waals surface area contributed by atoms with Crippen LogP contribution in [0.1, 0.15) is 12.7 Å². The van der Waals surface area contributed by atoms with Crippen molar-refractivity contribution in [3.8, 4) is 11.5 Å². The molecular formula is C16H18N2O6S. The van der Waals surface area contributed by atoms with Gasteiger partial charge < -0.3 is 19.2 Å². The van der Waals surface area contributed by atoms with Crippen molar-refractivity contribution in [2.75, 3.05) is 23.4 Å². The van der Waals surface area contributed by atoms with Crippen LogP contribution in [0.3, 0.4) is 0 Å².